The molecule has 0 fully saturated rings. The molecule has 0 spiro atoms. The number of thiophene rings is 1. The summed E-state index contributed by atoms with van der Waals surface area (Å²) >= 11 is 1.23. The number of hydrogen-bond acceptors (Lipinski definition) is 4. The van der Waals surface area contributed by atoms with E-state index >= 15 is 0 Å². The number of carbonyl (C=O) groups excluding carboxylic acids is 2. The largest absolute Gasteiger partial charge is 0.354 e. The van der Waals surface area contributed by atoms with Gasteiger partial charge in [-0.2, -0.15) is 0 Å². The lowest BCUT2D eigenvalue weighted by molar-refractivity contribution is 0.0968. The lowest BCUT2D eigenvalue weighted by Crippen LogP contribution is -2.31. The minimum atomic E-state index is -0.495. The van der Waals surface area contributed by atoms with Crippen LogP contribution < -0.4 is 16.2 Å². The third kappa shape index (κ3) is 4.36. The fourth-order valence-corrected chi connectivity index (χ4v) is 3.19. The molecule has 2 heterocycles. The van der Waals surface area contributed by atoms with Gasteiger partial charge in [0.2, 0.25) is 0 Å². The topological polar surface area (TPSA) is 80.2 Å². The first-order valence-corrected chi connectivity index (χ1v) is 9.04. The molecule has 2 aromatic rings. The van der Waals surface area contributed by atoms with Crippen molar-refractivity contribution in [3.8, 4) is 0 Å². The predicted molar refractivity (Wildman–Crippen MR) is 101 cm³/mol. The summed E-state index contributed by atoms with van der Waals surface area (Å²) in [5.41, 5.74) is 0.820. The van der Waals surface area contributed by atoms with Crippen LogP contribution in [0.3, 0.4) is 0 Å². The smallest absolute Gasteiger partial charge is 0.263 e. The fourth-order valence-electron chi connectivity index (χ4n) is 2.40. The number of hydrogen-bond donors (Lipinski definition) is 2. The van der Waals surface area contributed by atoms with E-state index in [4.69, 9.17) is 0 Å². The van der Waals surface area contributed by atoms with E-state index in [1.165, 1.54) is 18.4 Å². The molecule has 2 N–H and O–H groups in total. The van der Waals surface area contributed by atoms with Crippen LogP contribution >= 0.6 is 11.3 Å². The van der Waals surface area contributed by atoms with Crippen LogP contribution in [-0.4, -0.2) is 23.4 Å². The monoisotopic (exact) mass is 361 g/mol. The van der Waals surface area contributed by atoms with Gasteiger partial charge in [-0.15, -0.1) is 11.3 Å². The molecule has 6 nitrogen and oxygen atoms in total. The van der Waals surface area contributed by atoms with E-state index in [-0.39, 0.29) is 17.0 Å². The summed E-state index contributed by atoms with van der Waals surface area (Å²) in [5, 5.41) is 6.95. The van der Waals surface area contributed by atoms with E-state index in [0.29, 0.717) is 28.6 Å². The van der Waals surface area contributed by atoms with Gasteiger partial charge in [-0.25, -0.2) is 0 Å². The second-order valence-corrected chi connectivity index (χ2v) is 7.17. The summed E-state index contributed by atoms with van der Waals surface area (Å²) in [6.45, 7) is 6.48. The van der Waals surface area contributed by atoms with Crippen molar-refractivity contribution >= 4 is 28.8 Å². The highest BCUT2D eigenvalue weighted by Crippen LogP contribution is 2.22. The van der Waals surface area contributed by atoms with Gasteiger partial charge in [0.05, 0.1) is 5.69 Å². The third-order valence-electron chi connectivity index (χ3n) is 3.89. The van der Waals surface area contributed by atoms with Crippen LogP contribution in [0.5, 0.6) is 0 Å². The maximum absolute atomic E-state index is 12.7. The molecule has 134 valence electrons. The minimum Gasteiger partial charge on any atom is -0.354 e. The van der Waals surface area contributed by atoms with Crippen molar-refractivity contribution in [3.63, 3.8) is 0 Å². The molecule has 0 saturated heterocycles. The Kier molecular flexibility index (Phi) is 6.14. The molecular weight excluding hydrogens is 338 g/mol. The molecule has 2 amide bonds. The lowest BCUT2D eigenvalue weighted by atomic mass is 10.1. The molecule has 2 rings (SSSR count). The Labute approximate surface area is 150 Å². The first kappa shape index (κ1) is 18.9. The molecule has 0 aromatic carbocycles. The Hall–Kier alpha value is -2.41. The van der Waals surface area contributed by atoms with Crippen LogP contribution in [-0.2, 0) is 6.54 Å². The number of aromatic nitrogens is 1. The van der Waals surface area contributed by atoms with Gasteiger partial charge in [0, 0.05) is 19.8 Å². The van der Waals surface area contributed by atoms with Gasteiger partial charge < -0.3 is 15.2 Å². The van der Waals surface area contributed by atoms with E-state index in [0.717, 1.165) is 6.42 Å². The molecule has 2 aromatic heterocycles. The second-order valence-electron chi connectivity index (χ2n) is 6.25. The fraction of sp³-hybridized carbons (Fsp3) is 0.389. The average molecular weight is 361 g/mol. The summed E-state index contributed by atoms with van der Waals surface area (Å²) in [4.78, 5) is 37.6. The molecule has 7 heteroatoms. The summed E-state index contributed by atoms with van der Waals surface area (Å²) in [5.74, 6) is -0.305. The van der Waals surface area contributed by atoms with Crippen molar-refractivity contribution in [2.24, 2.45) is 5.92 Å². The van der Waals surface area contributed by atoms with Crippen molar-refractivity contribution in [2.75, 3.05) is 12.4 Å². The Bertz CT molecular complexity index is 836. The molecule has 0 radical (unpaired) electrons. The van der Waals surface area contributed by atoms with Crippen LogP contribution in [0.1, 0.15) is 45.9 Å². The number of nitrogens with one attached hydrogen (secondary N) is 2. The summed E-state index contributed by atoms with van der Waals surface area (Å²) in [6, 6.07) is 3.42. The SMILES string of the molecule is CNC(=O)c1sccc1NC(=O)c1c(C)ccn(CCC(C)C)c1=O. The van der Waals surface area contributed by atoms with E-state index in [1.54, 1.807) is 35.2 Å². The van der Waals surface area contributed by atoms with Gasteiger partial charge in [0.15, 0.2) is 0 Å². The van der Waals surface area contributed by atoms with Crippen LogP contribution in [0.25, 0.3) is 0 Å². The molecule has 0 unspecified atom stereocenters. The normalized spacial score (nSPS) is 10.8. The lowest BCUT2D eigenvalue weighted by Gasteiger charge is -2.12. The molecule has 25 heavy (non-hydrogen) atoms. The Morgan fingerprint density at radius 3 is 2.60 bits per heavy atom. The van der Waals surface area contributed by atoms with Crippen LogP contribution in [0.15, 0.2) is 28.5 Å². The van der Waals surface area contributed by atoms with Gasteiger partial charge in [-0.05, 0) is 42.3 Å². The highest BCUT2D eigenvalue weighted by Gasteiger charge is 2.19. The van der Waals surface area contributed by atoms with Crippen LogP contribution in [0.4, 0.5) is 5.69 Å². The van der Waals surface area contributed by atoms with Crippen LogP contribution in [0, 0.1) is 12.8 Å². The zero-order valence-electron chi connectivity index (χ0n) is 14.9. The number of pyridine rings is 1. The van der Waals surface area contributed by atoms with Crippen molar-refractivity contribution in [2.45, 2.75) is 33.7 Å². The molecule has 0 atom stereocenters. The minimum absolute atomic E-state index is 0.111. The van der Waals surface area contributed by atoms with Crippen molar-refractivity contribution in [1.82, 2.24) is 9.88 Å². The highest BCUT2D eigenvalue weighted by molar-refractivity contribution is 7.12. The summed E-state index contributed by atoms with van der Waals surface area (Å²) < 4.78 is 1.56. The quantitative estimate of drug-likeness (QED) is 0.830. The number of carbonyl (C=O) groups is 2. The Balaban J connectivity index is 2.30. The molecule has 0 aliphatic heterocycles. The number of anilines is 1. The first-order valence-electron chi connectivity index (χ1n) is 8.16. The molecular formula is C18H23N3O3S. The van der Waals surface area contributed by atoms with Gasteiger partial charge in [0.1, 0.15) is 10.4 Å². The summed E-state index contributed by atoms with van der Waals surface area (Å²) in [7, 11) is 1.53. The number of amides is 2. The summed E-state index contributed by atoms with van der Waals surface area (Å²) in [6.07, 6.45) is 2.58. The molecule has 0 bridgehead atoms. The van der Waals surface area contributed by atoms with Gasteiger partial charge in [-0.1, -0.05) is 13.8 Å². The van der Waals surface area contributed by atoms with Crippen molar-refractivity contribution < 1.29 is 9.59 Å². The van der Waals surface area contributed by atoms with Gasteiger partial charge >= 0.3 is 0 Å². The maximum Gasteiger partial charge on any atom is 0.263 e. The standard InChI is InChI=1S/C18H23N3O3S/c1-11(2)5-8-21-9-6-12(3)14(18(21)24)16(22)20-13-7-10-25-15(13)17(23)19-4/h6-7,9-11H,5,8H2,1-4H3,(H,19,23)(H,20,22). The number of nitrogens with zero attached hydrogens (tertiary/aromatic N) is 1. The zero-order chi connectivity index (χ0) is 18.6. The van der Waals surface area contributed by atoms with Crippen molar-refractivity contribution in [3.05, 3.63) is 50.1 Å². The highest BCUT2D eigenvalue weighted by atomic mass is 32.1. The van der Waals surface area contributed by atoms with E-state index < -0.39 is 5.91 Å². The molecule has 0 saturated carbocycles. The first-order chi connectivity index (χ1) is 11.8. The van der Waals surface area contributed by atoms with Crippen molar-refractivity contribution in [1.29, 1.82) is 0 Å². The van der Waals surface area contributed by atoms with E-state index in [2.05, 4.69) is 24.5 Å². The van der Waals surface area contributed by atoms with Crippen LogP contribution in [0.2, 0.25) is 0 Å². The number of rotatable bonds is 6. The average Bonchev–Trinajstić information content (AvgIpc) is 3.01. The maximum atomic E-state index is 12.7. The third-order valence-corrected chi connectivity index (χ3v) is 4.81. The van der Waals surface area contributed by atoms with Gasteiger partial charge in [-0.3, -0.25) is 14.4 Å². The Morgan fingerprint density at radius 1 is 1.24 bits per heavy atom. The van der Waals surface area contributed by atoms with Gasteiger partial charge in [0.25, 0.3) is 17.4 Å². The second kappa shape index (κ2) is 8.11. The number of aryl methyl sites for hydroxylation is 2. The van der Waals surface area contributed by atoms with E-state index in [1.807, 2.05) is 0 Å². The van der Waals surface area contributed by atoms with E-state index in [9.17, 15) is 14.4 Å². The molecule has 0 aliphatic carbocycles. The molecule has 0 aliphatic rings. The Morgan fingerprint density at radius 2 is 1.96 bits per heavy atom. The zero-order valence-corrected chi connectivity index (χ0v) is 15.7. The predicted octanol–water partition coefficient (Wildman–Crippen LogP) is 2.88.